The second kappa shape index (κ2) is 12.4. The maximum Gasteiger partial charge on any atom is 0.413 e. The monoisotopic (exact) mass is 597 g/mol. The molecule has 0 amide bonds. The number of pyridine rings is 2. The number of hydrogen-bond donors (Lipinski definition) is 2. The van der Waals surface area contributed by atoms with E-state index < -0.39 is 7.05 Å². The number of aromatic amines is 1. The predicted octanol–water partition coefficient (Wildman–Crippen LogP) is 8.83. The van der Waals surface area contributed by atoms with Gasteiger partial charge in [0.15, 0.2) is 0 Å². The summed E-state index contributed by atoms with van der Waals surface area (Å²) in [6, 6.07) is 39.0. The summed E-state index contributed by atoms with van der Waals surface area (Å²) in [7, 11) is -0.574. The Morgan fingerprint density at radius 3 is 1.98 bits per heavy atom. The molecule has 7 heteroatoms. The minimum absolute atomic E-state index is 0.387. The Balaban J connectivity index is 0.000000147. The van der Waals surface area contributed by atoms with E-state index in [1.54, 1.807) is 6.82 Å². The average molecular weight is 598 g/mol. The number of hydrogen-bond acceptors (Lipinski definition) is 4. The van der Waals surface area contributed by atoms with Crippen molar-refractivity contribution in [2.45, 2.75) is 26.6 Å². The number of nitrogens with zero attached hydrogens (tertiary/aromatic N) is 4. The van der Waals surface area contributed by atoms with Crippen LogP contribution in [0.15, 0.2) is 122 Å². The van der Waals surface area contributed by atoms with Gasteiger partial charge in [-0.05, 0) is 60.8 Å². The number of nitrogens with one attached hydrogen (secondary N) is 1. The van der Waals surface area contributed by atoms with E-state index in [0.29, 0.717) is 6.42 Å². The Bertz CT molecular complexity index is 2400. The van der Waals surface area contributed by atoms with E-state index >= 15 is 0 Å². The number of aromatic nitrogens is 4. The fourth-order valence-corrected chi connectivity index (χ4v) is 6.30. The van der Waals surface area contributed by atoms with Crippen LogP contribution in [0.3, 0.4) is 0 Å². The fraction of sp³-hybridized carbons (Fsp3) is 0.103. The van der Waals surface area contributed by atoms with Crippen molar-refractivity contribution in [3.63, 3.8) is 0 Å². The molecule has 8 rings (SSSR count). The molecule has 6 nitrogen and oxygen atoms in total. The van der Waals surface area contributed by atoms with Crippen LogP contribution in [0.25, 0.3) is 66.1 Å². The molecule has 0 aliphatic carbocycles. The maximum atomic E-state index is 10.1. The third-order valence-corrected chi connectivity index (χ3v) is 8.54. The second-order valence-electron chi connectivity index (χ2n) is 11.4. The highest BCUT2D eigenvalue weighted by Crippen LogP contribution is 2.33. The lowest BCUT2D eigenvalue weighted by Crippen LogP contribution is -2.17. The molecule has 4 heterocycles. The van der Waals surface area contributed by atoms with E-state index in [1.807, 2.05) is 83.6 Å². The van der Waals surface area contributed by atoms with E-state index in [2.05, 4.69) is 60.4 Å². The number of aryl methyl sites for hydroxylation is 1. The molecule has 8 aromatic rings. The van der Waals surface area contributed by atoms with E-state index in [0.717, 1.165) is 72.7 Å². The van der Waals surface area contributed by atoms with E-state index in [9.17, 15) is 5.02 Å². The molecule has 46 heavy (non-hydrogen) atoms. The van der Waals surface area contributed by atoms with Crippen molar-refractivity contribution in [3.8, 4) is 28.6 Å². The third kappa shape index (κ3) is 5.30. The molecule has 0 saturated carbocycles. The van der Waals surface area contributed by atoms with Gasteiger partial charge in [-0.2, -0.15) is 5.26 Å². The first-order valence-corrected chi connectivity index (χ1v) is 15.5. The lowest BCUT2D eigenvalue weighted by molar-refractivity contribution is 0.566. The van der Waals surface area contributed by atoms with E-state index in [4.69, 9.17) is 15.2 Å². The summed E-state index contributed by atoms with van der Waals surface area (Å²) in [6.07, 6.45) is 5.34. The SMILES string of the molecule is CCc1cc(-c2cn(B(C)O)c3ccccc23)nc2ccccc12.N#CCc1cc(-c2c[nH]c3ccccc23)nc2ccccc12. The molecule has 0 radical (unpaired) electrons. The highest BCUT2D eigenvalue weighted by molar-refractivity contribution is 6.48. The first-order chi connectivity index (χ1) is 22.6. The van der Waals surface area contributed by atoms with Crippen LogP contribution in [-0.2, 0) is 12.8 Å². The topological polar surface area (TPSA) is 90.5 Å². The van der Waals surface area contributed by atoms with Crippen LogP contribution in [0.4, 0.5) is 0 Å². The number of nitriles is 1. The molecule has 0 saturated heterocycles. The smallest absolute Gasteiger partial charge is 0.413 e. The minimum atomic E-state index is -0.574. The Hall–Kier alpha value is -5.71. The van der Waals surface area contributed by atoms with Crippen molar-refractivity contribution in [3.05, 3.63) is 133 Å². The second-order valence-corrected chi connectivity index (χ2v) is 11.4. The van der Waals surface area contributed by atoms with E-state index in [1.165, 1.54) is 10.9 Å². The van der Waals surface area contributed by atoms with Gasteiger partial charge >= 0.3 is 7.05 Å². The first-order valence-electron chi connectivity index (χ1n) is 15.5. The van der Waals surface area contributed by atoms with Crippen LogP contribution in [0.1, 0.15) is 18.1 Å². The van der Waals surface area contributed by atoms with Crippen LogP contribution in [0, 0.1) is 11.3 Å². The Morgan fingerprint density at radius 1 is 0.739 bits per heavy atom. The van der Waals surface area contributed by atoms with Gasteiger partial charge in [-0.3, -0.25) is 0 Å². The molecule has 0 atom stereocenters. The molecule has 0 bridgehead atoms. The van der Waals surface area contributed by atoms with Crippen LogP contribution >= 0.6 is 0 Å². The van der Waals surface area contributed by atoms with E-state index in [-0.39, 0.29) is 0 Å². The summed E-state index contributed by atoms with van der Waals surface area (Å²) in [6.45, 7) is 3.95. The zero-order valence-electron chi connectivity index (χ0n) is 25.8. The van der Waals surface area contributed by atoms with Gasteiger partial charge in [0.1, 0.15) is 0 Å². The van der Waals surface area contributed by atoms with Crippen molar-refractivity contribution in [1.82, 2.24) is 19.4 Å². The van der Waals surface area contributed by atoms with Crippen LogP contribution in [0.2, 0.25) is 6.82 Å². The molecule has 2 N–H and O–H groups in total. The van der Waals surface area contributed by atoms with Gasteiger partial charge in [-0.25, -0.2) is 9.97 Å². The molecule has 0 spiro atoms. The van der Waals surface area contributed by atoms with Gasteiger partial charge in [-0.1, -0.05) is 79.7 Å². The van der Waals surface area contributed by atoms with Gasteiger partial charge in [0, 0.05) is 56.1 Å². The zero-order valence-corrected chi connectivity index (χ0v) is 25.8. The largest absolute Gasteiger partial charge is 0.432 e. The Kier molecular flexibility index (Phi) is 7.80. The number of fused-ring (bicyclic) bond motifs is 4. The zero-order chi connectivity index (χ0) is 31.6. The first kappa shape index (κ1) is 29.0. The standard InChI is InChI=1S/C20H19BN2O.C19H13N3/c1-3-14-12-19(22-18-10-6-4-8-15(14)18)17-13-23(21(2)24)20-11-7-5-9-16(17)20;20-10-9-13-11-19(22-18-8-4-1-5-14(13)18)16-12-21-17-7-3-2-6-15(16)17/h4-13,24H,3H2,1-2H3;1-8,11-12,21H,9H2. The number of H-pyrrole nitrogens is 1. The van der Waals surface area contributed by atoms with Gasteiger partial charge in [0.05, 0.1) is 34.9 Å². The third-order valence-electron chi connectivity index (χ3n) is 8.54. The number of rotatable bonds is 5. The summed E-state index contributed by atoms with van der Waals surface area (Å²) in [4.78, 5) is 12.9. The summed E-state index contributed by atoms with van der Waals surface area (Å²) in [5, 5.41) is 23.7. The molecular weight excluding hydrogens is 565 g/mol. The highest BCUT2D eigenvalue weighted by Gasteiger charge is 2.17. The number of benzene rings is 4. The molecule has 0 fully saturated rings. The molecule has 4 aromatic carbocycles. The van der Waals surface area contributed by atoms with Crippen molar-refractivity contribution in [2.24, 2.45) is 0 Å². The van der Waals surface area contributed by atoms with Crippen LogP contribution in [-0.4, -0.2) is 31.5 Å². The molecule has 0 unspecified atom stereocenters. The van der Waals surface area contributed by atoms with Gasteiger partial charge in [-0.15, -0.1) is 0 Å². The molecule has 0 aliphatic heterocycles. The molecule has 0 aliphatic rings. The quantitative estimate of drug-likeness (QED) is 0.194. The van der Waals surface area contributed by atoms with Crippen molar-refractivity contribution < 1.29 is 5.02 Å². The molecule has 222 valence electrons. The lowest BCUT2D eigenvalue weighted by atomic mass is 9.88. The summed E-state index contributed by atoms with van der Waals surface area (Å²) >= 11 is 0. The van der Waals surface area contributed by atoms with Crippen molar-refractivity contribution >= 4 is 50.7 Å². The fourth-order valence-electron chi connectivity index (χ4n) is 6.30. The van der Waals surface area contributed by atoms with Crippen LogP contribution < -0.4 is 0 Å². The van der Waals surface area contributed by atoms with Crippen molar-refractivity contribution in [2.75, 3.05) is 0 Å². The maximum absolute atomic E-state index is 10.1. The lowest BCUT2D eigenvalue weighted by Gasteiger charge is -2.07. The summed E-state index contributed by atoms with van der Waals surface area (Å²) < 4.78 is 1.90. The summed E-state index contributed by atoms with van der Waals surface area (Å²) in [5.74, 6) is 0. The van der Waals surface area contributed by atoms with Crippen molar-refractivity contribution in [1.29, 1.82) is 5.26 Å². The highest BCUT2D eigenvalue weighted by atomic mass is 16.2. The average Bonchev–Trinajstić information content (AvgIpc) is 3.71. The minimum Gasteiger partial charge on any atom is -0.432 e. The Morgan fingerprint density at radius 2 is 1.30 bits per heavy atom. The molecule has 4 aromatic heterocycles. The Labute approximate surface area is 267 Å². The van der Waals surface area contributed by atoms with Crippen LogP contribution in [0.5, 0.6) is 0 Å². The summed E-state index contributed by atoms with van der Waals surface area (Å²) in [5.41, 5.74) is 10.4. The van der Waals surface area contributed by atoms with Gasteiger partial charge < -0.3 is 14.5 Å². The van der Waals surface area contributed by atoms with Gasteiger partial charge in [0.25, 0.3) is 0 Å². The van der Waals surface area contributed by atoms with Gasteiger partial charge in [0.2, 0.25) is 0 Å². The molecular formula is C39H32BN5O. The normalized spacial score (nSPS) is 11.1. The number of para-hydroxylation sites is 4. The predicted molar refractivity (Wildman–Crippen MR) is 190 cm³/mol.